The van der Waals surface area contributed by atoms with E-state index in [0.717, 1.165) is 24.9 Å². The van der Waals surface area contributed by atoms with Crippen molar-refractivity contribution in [2.24, 2.45) is 5.92 Å². The molecule has 3 rings (SSSR count). The van der Waals surface area contributed by atoms with Crippen LogP contribution in [0.3, 0.4) is 0 Å². The summed E-state index contributed by atoms with van der Waals surface area (Å²) in [6, 6.07) is 6.62. The summed E-state index contributed by atoms with van der Waals surface area (Å²) in [6.07, 6.45) is 1.49. The third-order valence-corrected chi connectivity index (χ3v) is 5.60. The SMILES string of the molecule is CN1CC[C@H](O)[C@H](C(=O)NCC2(c3cccc(F)c3)CCOCC2)C1.O=CO. The summed E-state index contributed by atoms with van der Waals surface area (Å²) in [4.78, 5) is 23.1. The maximum absolute atomic E-state index is 13.7. The number of nitrogens with zero attached hydrogens (tertiary/aromatic N) is 1. The molecule has 0 saturated carbocycles. The Labute approximate surface area is 164 Å². The maximum atomic E-state index is 13.7. The van der Waals surface area contributed by atoms with Crippen molar-refractivity contribution in [3.8, 4) is 0 Å². The van der Waals surface area contributed by atoms with Crippen LogP contribution in [0.1, 0.15) is 24.8 Å². The molecule has 0 radical (unpaired) electrons. The van der Waals surface area contributed by atoms with E-state index < -0.39 is 12.0 Å². The van der Waals surface area contributed by atoms with Crippen molar-refractivity contribution in [3.05, 3.63) is 35.6 Å². The maximum Gasteiger partial charge on any atom is 0.290 e. The van der Waals surface area contributed by atoms with Gasteiger partial charge in [-0.2, -0.15) is 0 Å². The van der Waals surface area contributed by atoms with E-state index in [1.807, 2.05) is 13.1 Å². The number of piperidine rings is 1. The molecule has 2 atom stereocenters. The molecule has 3 N–H and O–H groups in total. The highest BCUT2D eigenvalue weighted by Gasteiger charge is 2.37. The second-order valence-corrected chi connectivity index (χ2v) is 7.45. The van der Waals surface area contributed by atoms with Gasteiger partial charge in [-0.3, -0.25) is 9.59 Å². The van der Waals surface area contributed by atoms with Crippen LogP contribution >= 0.6 is 0 Å². The number of hydrogen-bond acceptors (Lipinski definition) is 5. The molecule has 1 amide bonds. The van der Waals surface area contributed by atoms with Gasteiger partial charge in [-0.1, -0.05) is 12.1 Å². The Morgan fingerprint density at radius 1 is 1.43 bits per heavy atom. The first-order valence-electron chi connectivity index (χ1n) is 9.48. The second-order valence-electron chi connectivity index (χ2n) is 7.45. The summed E-state index contributed by atoms with van der Waals surface area (Å²) < 4.78 is 19.2. The van der Waals surface area contributed by atoms with Gasteiger partial charge in [0.15, 0.2) is 0 Å². The van der Waals surface area contributed by atoms with Crippen LogP contribution in [0.15, 0.2) is 24.3 Å². The lowest BCUT2D eigenvalue weighted by atomic mass is 9.74. The molecule has 1 aromatic rings. The lowest BCUT2D eigenvalue weighted by Crippen LogP contribution is -2.52. The number of amides is 1. The van der Waals surface area contributed by atoms with E-state index in [1.54, 1.807) is 12.1 Å². The van der Waals surface area contributed by atoms with Crippen LogP contribution in [0.25, 0.3) is 0 Å². The minimum atomic E-state index is -0.601. The Hall–Kier alpha value is -2.03. The zero-order chi connectivity index (χ0) is 20.6. The van der Waals surface area contributed by atoms with Crippen molar-refractivity contribution < 1.29 is 28.9 Å². The molecule has 8 heteroatoms. The standard InChI is InChI=1S/C19H27FN2O3.CH2O2/c1-22-8-5-17(23)16(12-22)18(24)21-13-19(6-9-25-10-7-19)14-3-2-4-15(20)11-14;2-1-3/h2-4,11,16-17,23H,5-10,12-13H2,1H3,(H,21,24);1H,(H,2,3)/t16-,17+;/m1./s1. The normalized spacial score (nSPS) is 24.5. The first-order chi connectivity index (χ1) is 13.4. The highest BCUT2D eigenvalue weighted by atomic mass is 19.1. The number of rotatable bonds is 4. The first kappa shape index (κ1) is 22.3. The molecule has 7 nitrogen and oxygen atoms in total. The zero-order valence-electron chi connectivity index (χ0n) is 16.1. The largest absolute Gasteiger partial charge is 0.483 e. The van der Waals surface area contributed by atoms with Crippen LogP contribution in [0.4, 0.5) is 4.39 Å². The molecule has 2 heterocycles. The summed E-state index contributed by atoms with van der Waals surface area (Å²) in [7, 11) is 1.96. The third kappa shape index (κ3) is 5.73. The van der Waals surface area contributed by atoms with E-state index in [-0.39, 0.29) is 23.6 Å². The van der Waals surface area contributed by atoms with Gasteiger partial charge >= 0.3 is 0 Å². The number of carboxylic acid groups (broad SMARTS) is 1. The number of carbonyl (C=O) groups is 2. The van der Waals surface area contributed by atoms with Crippen molar-refractivity contribution >= 4 is 12.4 Å². The Bertz CT molecular complexity index is 651. The topological polar surface area (TPSA) is 99.1 Å². The van der Waals surface area contributed by atoms with Crippen LogP contribution in [0.5, 0.6) is 0 Å². The molecule has 156 valence electrons. The van der Waals surface area contributed by atoms with E-state index in [2.05, 4.69) is 10.2 Å². The number of aliphatic hydroxyl groups excluding tert-OH is 1. The third-order valence-electron chi connectivity index (χ3n) is 5.60. The quantitative estimate of drug-likeness (QED) is 0.657. The van der Waals surface area contributed by atoms with Gasteiger partial charge in [0.05, 0.1) is 12.0 Å². The Balaban J connectivity index is 0.000000878. The van der Waals surface area contributed by atoms with Crippen molar-refractivity contribution in [1.29, 1.82) is 0 Å². The van der Waals surface area contributed by atoms with Gasteiger partial charge in [0.25, 0.3) is 6.47 Å². The molecule has 1 aromatic carbocycles. The average molecular weight is 396 g/mol. The molecule has 2 aliphatic rings. The van der Waals surface area contributed by atoms with E-state index in [0.29, 0.717) is 32.7 Å². The summed E-state index contributed by atoms with van der Waals surface area (Å²) in [5.74, 6) is -0.802. The zero-order valence-corrected chi connectivity index (χ0v) is 16.1. The summed E-state index contributed by atoms with van der Waals surface area (Å²) >= 11 is 0. The number of hydrogen-bond donors (Lipinski definition) is 3. The average Bonchev–Trinajstić information content (AvgIpc) is 2.69. The number of ether oxygens (including phenoxy) is 1. The van der Waals surface area contributed by atoms with Gasteiger partial charge in [0, 0.05) is 38.3 Å². The van der Waals surface area contributed by atoms with Crippen LogP contribution in [0.2, 0.25) is 0 Å². The molecule has 2 aliphatic heterocycles. The number of aliphatic hydroxyl groups is 1. The highest BCUT2D eigenvalue weighted by molar-refractivity contribution is 5.79. The highest BCUT2D eigenvalue weighted by Crippen LogP contribution is 2.34. The molecule has 0 aliphatic carbocycles. The summed E-state index contributed by atoms with van der Waals surface area (Å²) in [5.41, 5.74) is 0.582. The molecular formula is C20H29FN2O5. The van der Waals surface area contributed by atoms with Gasteiger partial charge in [-0.25, -0.2) is 4.39 Å². The molecule has 0 aromatic heterocycles. The van der Waals surface area contributed by atoms with Crippen molar-refractivity contribution in [3.63, 3.8) is 0 Å². The van der Waals surface area contributed by atoms with Crippen molar-refractivity contribution in [2.75, 3.05) is 39.9 Å². The fourth-order valence-electron chi connectivity index (χ4n) is 3.90. The fraction of sp³-hybridized carbons (Fsp3) is 0.600. The number of benzene rings is 1. The van der Waals surface area contributed by atoms with E-state index >= 15 is 0 Å². The van der Waals surface area contributed by atoms with Gasteiger partial charge in [0.1, 0.15) is 5.82 Å². The van der Waals surface area contributed by atoms with Crippen molar-refractivity contribution in [1.82, 2.24) is 10.2 Å². The van der Waals surface area contributed by atoms with Crippen LogP contribution in [-0.4, -0.2) is 73.5 Å². The van der Waals surface area contributed by atoms with Crippen LogP contribution in [-0.2, 0) is 19.7 Å². The van der Waals surface area contributed by atoms with Gasteiger partial charge in [0.2, 0.25) is 5.91 Å². The van der Waals surface area contributed by atoms with Crippen molar-refractivity contribution in [2.45, 2.75) is 30.8 Å². The predicted molar refractivity (Wildman–Crippen MR) is 101 cm³/mol. The van der Waals surface area contributed by atoms with E-state index in [9.17, 15) is 14.3 Å². The molecule has 0 spiro atoms. The number of carbonyl (C=O) groups excluding carboxylic acids is 1. The molecular weight excluding hydrogens is 367 g/mol. The van der Waals surface area contributed by atoms with Gasteiger partial charge < -0.3 is 25.2 Å². The van der Waals surface area contributed by atoms with Gasteiger partial charge in [-0.15, -0.1) is 0 Å². The van der Waals surface area contributed by atoms with Crippen LogP contribution < -0.4 is 5.32 Å². The number of halogens is 1. The fourth-order valence-corrected chi connectivity index (χ4v) is 3.90. The second kappa shape index (κ2) is 10.5. The van der Waals surface area contributed by atoms with E-state index in [4.69, 9.17) is 14.6 Å². The summed E-state index contributed by atoms with van der Waals surface area (Å²) in [5, 5.41) is 20.1. The minimum Gasteiger partial charge on any atom is -0.483 e. The summed E-state index contributed by atoms with van der Waals surface area (Å²) in [6.45, 7) is 2.74. The minimum absolute atomic E-state index is 0.124. The Morgan fingerprint density at radius 3 is 2.75 bits per heavy atom. The molecule has 0 bridgehead atoms. The predicted octanol–water partition coefficient (Wildman–Crippen LogP) is 1.00. The smallest absolute Gasteiger partial charge is 0.290 e. The Kier molecular flexibility index (Phi) is 8.35. The number of likely N-dealkylation sites (tertiary alicyclic amines) is 1. The van der Waals surface area contributed by atoms with Crippen LogP contribution in [0, 0.1) is 11.7 Å². The van der Waals surface area contributed by atoms with E-state index in [1.165, 1.54) is 6.07 Å². The molecule has 28 heavy (non-hydrogen) atoms. The molecule has 2 fully saturated rings. The lowest BCUT2D eigenvalue weighted by molar-refractivity contribution is -0.131. The van der Waals surface area contributed by atoms with Gasteiger partial charge in [-0.05, 0) is 44.0 Å². The Morgan fingerprint density at radius 2 is 2.11 bits per heavy atom. The molecule has 0 unspecified atom stereocenters. The number of nitrogens with one attached hydrogen (secondary N) is 1. The first-order valence-corrected chi connectivity index (χ1v) is 9.48. The molecule has 2 saturated heterocycles. The monoisotopic (exact) mass is 396 g/mol. The lowest BCUT2D eigenvalue weighted by Gasteiger charge is -2.39.